The van der Waals surface area contributed by atoms with Crippen LogP contribution in [0.25, 0.3) is 33.7 Å². The SMILES string of the molecule is c1ccc(-c2cccc(-c3nc4ccccc4o3)c2)cc1. The third-order valence-corrected chi connectivity index (χ3v) is 3.51. The van der Waals surface area contributed by atoms with Crippen molar-refractivity contribution in [2.24, 2.45) is 0 Å². The van der Waals surface area contributed by atoms with E-state index in [9.17, 15) is 0 Å². The molecule has 2 heteroatoms. The predicted octanol–water partition coefficient (Wildman–Crippen LogP) is 5.16. The van der Waals surface area contributed by atoms with E-state index in [0.29, 0.717) is 5.89 Å². The average Bonchev–Trinajstić information content (AvgIpc) is 3.00. The summed E-state index contributed by atoms with van der Waals surface area (Å²) in [5, 5.41) is 0. The van der Waals surface area contributed by atoms with E-state index in [2.05, 4.69) is 29.2 Å². The third-order valence-electron chi connectivity index (χ3n) is 3.51. The molecule has 0 unspecified atom stereocenters. The van der Waals surface area contributed by atoms with Gasteiger partial charge in [0.1, 0.15) is 5.52 Å². The summed E-state index contributed by atoms with van der Waals surface area (Å²) < 4.78 is 5.83. The average molecular weight is 271 g/mol. The minimum atomic E-state index is 0.661. The van der Waals surface area contributed by atoms with Crippen LogP contribution in [0.4, 0.5) is 0 Å². The molecule has 0 saturated carbocycles. The van der Waals surface area contributed by atoms with Crippen LogP contribution in [0.3, 0.4) is 0 Å². The molecule has 0 atom stereocenters. The molecule has 0 saturated heterocycles. The molecular formula is C19H13NO. The standard InChI is InChI=1S/C19H13NO/c1-2-7-14(8-3-1)15-9-6-10-16(13-15)19-20-17-11-4-5-12-18(17)21-19/h1-13H. The van der Waals surface area contributed by atoms with Gasteiger partial charge in [-0.15, -0.1) is 0 Å². The molecule has 4 rings (SSSR count). The molecule has 1 aromatic heterocycles. The van der Waals surface area contributed by atoms with Gasteiger partial charge in [0.2, 0.25) is 5.89 Å². The Labute approximate surface area is 122 Å². The highest BCUT2D eigenvalue weighted by molar-refractivity contribution is 5.77. The van der Waals surface area contributed by atoms with E-state index in [4.69, 9.17) is 4.42 Å². The van der Waals surface area contributed by atoms with Crippen LogP contribution in [0, 0.1) is 0 Å². The Kier molecular flexibility index (Phi) is 2.79. The first-order chi connectivity index (χ1) is 10.4. The first-order valence-electron chi connectivity index (χ1n) is 6.91. The highest BCUT2D eigenvalue weighted by Gasteiger charge is 2.08. The van der Waals surface area contributed by atoms with Gasteiger partial charge in [0.05, 0.1) is 0 Å². The summed E-state index contributed by atoms with van der Waals surface area (Å²) in [4.78, 5) is 4.55. The highest BCUT2D eigenvalue weighted by Crippen LogP contribution is 2.28. The minimum Gasteiger partial charge on any atom is -0.436 e. The fourth-order valence-electron chi connectivity index (χ4n) is 2.46. The van der Waals surface area contributed by atoms with E-state index in [1.807, 2.05) is 54.6 Å². The van der Waals surface area contributed by atoms with Crippen molar-refractivity contribution in [2.75, 3.05) is 0 Å². The van der Waals surface area contributed by atoms with Gasteiger partial charge in [-0.25, -0.2) is 4.98 Å². The van der Waals surface area contributed by atoms with Crippen LogP contribution in [0.5, 0.6) is 0 Å². The van der Waals surface area contributed by atoms with Gasteiger partial charge < -0.3 is 4.42 Å². The van der Waals surface area contributed by atoms with Crippen molar-refractivity contribution in [3.8, 4) is 22.6 Å². The number of aromatic nitrogens is 1. The lowest BCUT2D eigenvalue weighted by Crippen LogP contribution is -1.80. The normalized spacial score (nSPS) is 10.9. The Morgan fingerprint density at radius 2 is 1.33 bits per heavy atom. The van der Waals surface area contributed by atoms with Crippen molar-refractivity contribution >= 4 is 11.1 Å². The van der Waals surface area contributed by atoms with Gasteiger partial charge in [0, 0.05) is 5.56 Å². The Balaban J connectivity index is 1.82. The van der Waals surface area contributed by atoms with Crippen molar-refractivity contribution in [3.63, 3.8) is 0 Å². The number of rotatable bonds is 2. The number of hydrogen-bond donors (Lipinski definition) is 0. The number of fused-ring (bicyclic) bond motifs is 1. The first kappa shape index (κ1) is 11.9. The van der Waals surface area contributed by atoms with Gasteiger partial charge in [0.25, 0.3) is 0 Å². The van der Waals surface area contributed by atoms with Gasteiger partial charge in [-0.1, -0.05) is 54.6 Å². The second-order valence-electron chi connectivity index (χ2n) is 4.93. The quantitative estimate of drug-likeness (QED) is 0.503. The Morgan fingerprint density at radius 3 is 2.19 bits per heavy atom. The molecule has 0 bridgehead atoms. The maximum atomic E-state index is 5.83. The summed E-state index contributed by atoms with van der Waals surface area (Å²) in [6, 6.07) is 26.4. The molecule has 3 aromatic carbocycles. The molecule has 0 spiro atoms. The van der Waals surface area contributed by atoms with Gasteiger partial charge in [-0.3, -0.25) is 0 Å². The highest BCUT2D eigenvalue weighted by atomic mass is 16.3. The predicted molar refractivity (Wildman–Crippen MR) is 84.9 cm³/mol. The number of benzene rings is 3. The van der Waals surface area contributed by atoms with Crippen LogP contribution >= 0.6 is 0 Å². The molecule has 1 heterocycles. The molecule has 0 fully saturated rings. The zero-order valence-electron chi connectivity index (χ0n) is 11.4. The molecule has 2 nitrogen and oxygen atoms in total. The van der Waals surface area contributed by atoms with Gasteiger partial charge in [0.15, 0.2) is 5.58 Å². The second kappa shape index (κ2) is 4.91. The zero-order valence-corrected chi connectivity index (χ0v) is 11.4. The lowest BCUT2D eigenvalue weighted by Gasteiger charge is -2.02. The zero-order chi connectivity index (χ0) is 14.1. The van der Waals surface area contributed by atoms with E-state index in [1.54, 1.807) is 0 Å². The summed E-state index contributed by atoms with van der Waals surface area (Å²) in [5.41, 5.74) is 5.05. The lowest BCUT2D eigenvalue weighted by atomic mass is 10.0. The molecule has 0 aliphatic rings. The Morgan fingerprint density at radius 1 is 0.619 bits per heavy atom. The molecule has 0 aliphatic heterocycles. The second-order valence-corrected chi connectivity index (χ2v) is 4.93. The molecular weight excluding hydrogens is 258 g/mol. The van der Waals surface area contributed by atoms with E-state index in [1.165, 1.54) is 5.56 Å². The van der Waals surface area contributed by atoms with Crippen LogP contribution in [-0.4, -0.2) is 4.98 Å². The Hall–Kier alpha value is -2.87. The summed E-state index contributed by atoms with van der Waals surface area (Å²) in [5.74, 6) is 0.661. The van der Waals surface area contributed by atoms with E-state index in [-0.39, 0.29) is 0 Å². The van der Waals surface area contributed by atoms with Crippen LogP contribution in [-0.2, 0) is 0 Å². The third kappa shape index (κ3) is 2.21. The fourth-order valence-corrected chi connectivity index (χ4v) is 2.46. The number of oxazole rings is 1. The number of hydrogen-bond acceptors (Lipinski definition) is 2. The molecule has 100 valence electrons. The van der Waals surface area contributed by atoms with E-state index < -0.39 is 0 Å². The molecule has 21 heavy (non-hydrogen) atoms. The largest absolute Gasteiger partial charge is 0.436 e. The molecule has 0 N–H and O–H groups in total. The molecule has 0 radical (unpaired) electrons. The van der Waals surface area contributed by atoms with Crippen LogP contribution in [0.2, 0.25) is 0 Å². The summed E-state index contributed by atoms with van der Waals surface area (Å²) in [6.45, 7) is 0. The van der Waals surface area contributed by atoms with Gasteiger partial charge >= 0.3 is 0 Å². The lowest BCUT2D eigenvalue weighted by molar-refractivity contribution is 0.620. The van der Waals surface area contributed by atoms with Crippen molar-refractivity contribution in [1.29, 1.82) is 0 Å². The van der Waals surface area contributed by atoms with Crippen molar-refractivity contribution < 1.29 is 4.42 Å². The topological polar surface area (TPSA) is 26.0 Å². The smallest absolute Gasteiger partial charge is 0.227 e. The fraction of sp³-hybridized carbons (Fsp3) is 0. The molecule has 0 aliphatic carbocycles. The monoisotopic (exact) mass is 271 g/mol. The molecule has 0 amide bonds. The summed E-state index contributed by atoms with van der Waals surface area (Å²) in [6.07, 6.45) is 0. The van der Waals surface area contributed by atoms with Crippen molar-refractivity contribution in [2.45, 2.75) is 0 Å². The maximum absolute atomic E-state index is 5.83. The summed E-state index contributed by atoms with van der Waals surface area (Å²) in [7, 11) is 0. The van der Waals surface area contributed by atoms with Gasteiger partial charge in [-0.2, -0.15) is 0 Å². The summed E-state index contributed by atoms with van der Waals surface area (Å²) >= 11 is 0. The number of nitrogens with zero attached hydrogens (tertiary/aromatic N) is 1. The first-order valence-corrected chi connectivity index (χ1v) is 6.91. The Bertz CT molecular complexity index is 861. The van der Waals surface area contributed by atoms with Crippen molar-refractivity contribution in [3.05, 3.63) is 78.9 Å². The van der Waals surface area contributed by atoms with E-state index in [0.717, 1.165) is 22.2 Å². The maximum Gasteiger partial charge on any atom is 0.227 e. The molecule has 4 aromatic rings. The van der Waals surface area contributed by atoms with Crippen LogP contribution < -0.4 is 0 Å². The number of para-hydroxylation sites is 2. The van der Waals surface area contributed by atoms with Crippen molar-refractivity contribution in [1.82, 2.24) is 4.98 Å². The van der Waals surface area contributed by atoms with Crippen LogP contribution in [0.1, 0.15) is 0 Å². The van der Waals surface area contributed by atoms with Gasteiger partial charge in [-0.05, 0) is 35.4 Å². The van der Waals surface area contributed by atoms with E-state index >= 15 is 0 Å². The minimum absolute atomic E-state index is 0.661. The van der Waals surface area contributed by atoms with Crippen LogP contribution in [0.15, 0.2) is 83.3 Å².